The third-order valence-corrected chi connectivity index (χ3v) is 4.38. The Labute approximate surface area is 135 Å². The van der Waals surface area contributed by atoms with Gasteiger partial charge in [-0.3, -0.25) is 14.6 Å². The van der Waals surface area contributed by atoms with Crippen molar-refractivity contribution in [3.8, 4) is 0 Å². The maximum atomic E-state index is 4.57. The van der Waals surface area contributed by atoms with E-state index in [-0.39, 0.29) is 6.04 Å². The lowest BCUT2D eigenvalue weighted by Crippen LogP contribution is -2.38. The molecule has 0 saturated carbocycles. The maximum absolute atomic E-state index is 4.57. The predicted molar refractivity (Wildman–Crippen MR) is 86.9 cm³/mol. The van der Waals surface area contributed by atoms with Crippen molar-refractivity contribution in [3.05, 3.63) is 65.8 Å². The van der Waals surface area contributed by atoms with Gasteiger partial charge in [-0.2, -0.15) is 5.10 Å². The van der Waals surface area contributed by atoms with Gasteiger partial charge in [-0.05, 0) is 25.1 Å². The van der Waals surface area contributed by atoms with E-state index in [0.29, 0.717) is 0 Å². The standard InChI is InChI=1S/C17H20N6/c1-13-5-9-23(21-13)11-10-22-8-6-14-16(20-12-19-14)17(22)15-4-2-3-7-18-15/h2-5,7,9,12,17H,6,8,10-11H2,1H3,(H,19,20). The number of hydrogen-bond acceptors (Lipinski definition) is 4. The fourth-order valence-corrected chi connectivity index (χ4v) is 3.25. The number of imidazole rings is 1. The lowest BCUT2D eigenvalue weighted by atomic mass is 9.99. The van der Waals surface area contributed by atoms with Crippen LogP contribution < -0.4 is 0 Å². The number of aromatic amines is 1. The Balaban J connectivity index is 1.60. The van der Waals surface area contributed by atoms with Crippen LogP contribution in [0.2, 0.25) is 0 Å². The van der Waals surface area contributed by atoms with Crippen LogP contribution in [0, 0.1) is 6.92 Å². The number of aryl methyl sites for hydroxylation is 1. The van der Waals surface area contributed by atoms with E-state index < -0.39 is 0 Å². The first kappa shape index (κ1) is 14.1. The van der Waals surface area contributed by atoms with Crippen LogP contribution in [0.3, 0.4) is 0 Å². The fraction of sp³-hybridized carbons (Fsp3) is 0.353. The van der Waals surface area contributed by atoms with Crippen LogP contribution in [-0.4, -0.2) is 42.7 Å². The van der Waals surface area contributed by atoms with Crippen LogP contribution in [0.4, 0.5) is 0 Å². The highest BCUT2D eigenvalue weighted by Crippen LogP contribution is 2.31. The monoisotopic (exact) mass is 308 g/mol. The summed E-state index contributed by atoms with van der Waals surface area (Å²) in [5.74, 6) is 0. The number of nitrogens with one attached hydrogen (secondary N) is 1. The molecule has 1 N–H and O–H groups in total. The minimum Gasteiger partial charge on any atom is -0.348 e. The van der Waals surface area contributed by atoms with Crippen molar-refractivity contribution in [1.29, 1.82) is 0 Å². The van der Waals surface area contributed by atoms with Gasteiger partial charge in [-0.15, -0.1) is 0 Å². The Hall–Kier alpha value is -2.47. The Morgan fingerprint density at radius 3 is 2.96 bits per heavy atom. The highest BCUT2D eigenvalue weighted by atomic mass is 15.3. The summed E-state index contributed by atoms with van der Waals surface area (Å²) in [6, 6.07) is 8.23. The van der Waals surface area contributed by atoms with Gasteiger partial charge in [0.05, 0.1) is 36.0 Å². The molecule has 1 aliphatic heterocycles. The van der Waals surface area contributed by atoms with E-state index in [9.17, 15) is 0 Å². The molecule has 0 radical (unpaired) electrons. The third-order valence-electron chi connectivity index (χ3n) is 4.38. The van der Waals surface area contributed by atoms with Crippen LogP contribution in [0.15, 0.2) is 43.0 Å². The van der Waals surface area contributed by atoms with E-state index in [0.717, 1.165) is 43.1 Å². The molecule has 0 saturated heterocycles. The van der Waals surface area contributed by atoms with E-state index in [1.807, 2.05) is 42.2 Å². The second kappa shape index (κ2) is 5.96. The van der Waals surface area contributed by atoms with E-state index >= 15 is 0 Å². The zero-order valence-electron chi connectivity index (χ0n) is 13.2. The van der Waals surface area contributed by atoms with Crippen LogP contribution in [0.5, 0.6) is 0 Å². The number of pyridine rings is 1. The summed E-state index contributed by atoms with van der Waals surface area (Å²) in [6.07, 6.45) is 6.68. The smallest absolute Gasteiger partial charge is 0.0969 e. The average molecular weight is 308 g/mol. The number of nitrogens with zero attached hydrogens (tertiary/aromatic N) is 5. The summed E-state index contributed by atoms with van der Waals surface area (Å²) in [7, 11) is 0. The Morgan fingerprint density at radius 1 is 1.22 bits per heavy atom. The molecule has 1 aliphatic rings. The molecular weight excluding hydrogens is 288 g/mol. The van der Waals surface area contributed by atoms with E-state index in [2.05, 4.69) is 31.0 Å². The molecule has 3 aromatic rings. The van der Waals surface area contributed by atoms with E-state index in [1.165, 1.54) is 5.69 Å². The maximum Gasteiger partial charge on any atom is 0.0969 e. The predicted octanol–water partition coefficient (Wildman–Crippen LogP) is 1.96. The summed E-state index contributed by atoms with van der Waals surface area (Å²) in [6.45, 7) is 4.81. The molecule has 3 aromatic heterocycles. The van der Waals surface area contributed by atoms with Crippen molar-refractivity contribution >= 4 is 0 Å². The minimum absolute atomic E-state index is 0.114. The number of hydrogen-bond donors (Lipinski definition) is 1. The third kappa shape index (κ3) is 2.77. The summed E-state index contributed by atoms with van der Waals surface area (Å²) in [4.78, 5) is 14.9. The van der Waals surface area contributed by atoms with Crippen LogP contribution >= 0.6 is 0 Å². The van der Waals surface area contributed by atoms with Gasteiger partial charge in [-0.1, -0.05) is 6.07 Å². The van der Waals surface area contributed by atoms with Crippen molar-refractivity contribution in [2.75, 3.05) is 13.1 Å². The zero-order chi connectivity index (χ0) is 15.6. The molecule has 6 heteroatoms. The molecule has 23 heavy (non-hydrogen) atoms. The lowest BCUT2D eigenvalue weighted by molar-refractivity contribution is 0.195. The fourth-order valence-electron chi connectivity index (χ4n) is 3.25. The second-order valence-electron chi connectivity index (χ2n) is 5.93. The molecule has 0 aromatic carbocycles. The number of fused-ring (bicyclic) bond motifs is 1. The van der Waals surface area contributed by atoms with Gasteiger partial charge in [0, 0.05) is 37.6 Å². The van der Waals surface area contributed by atoms with Gasteiger partial charge < -0.3 is 4.98 Å². The lowest BCUT2D eigenvalue weighted by Gasteiger charge is -2.34. The first-order valence-corrected chi connectivity index (χ1v) is 7.98. The number of H-pyrrole nitrogens is 1. The van der Waals surface area contributed by atoms with E-state index in [1.54, 1.807) is 6.33 Å². The first-order chi connectivity index (χ1) is 11.3. The van der Waals surface area contributed by atoms with Gasteiger partial charge in [0.15, 0.2) is 0 Å². The van der Waals surface area contributed by atoms with Crippen molar-refractivity contribution in [2.45, 2.75) is 25.9 Å². The SMILES string of the molecule is Cc1ccn(CCN2CCc3[nH]cnc3C2c2ccccn2)n1. The largest absolute Gasteiger partial charge is 0.348 e. The normalized spacial score (nSPS) is 18.0. The van der Waals surface area contributed by atoms with Crippen LogP contribution in [-0.2, 0) is 13.0 Å². The topological polar surface area (TPSA) is 62.6 Å². The molecule has 4 rings (SSSR count). The second-order valence-corrected chi connectivity index (χ2v) is 5.93. The molecule has 0 fully saturated rings. The van der Waals surface area contributed by atoms with E-state index in [4.69, 9.17) is 0 Å². The molecule has 6 nitrogen and oxygen atoms in total. The minimum atomic E-state index is 0.114. The highest BCUT2D eigenvalue weighted by Gasteiger charge is 2.31. The first-order valence-electron chi connectivity index (χ1n) is 7.98. The Kier molecular flexibility index (Phi) is 3.67. The van der Waals surface area contributed by atoms with Gasteiger partial charge in [0.25, 0.3) is 0 Å². The summed E-state index contributed by atoms with van der Waals surface area (Å²) in [5.41, 5.74) is 4.44. The van der Waals surface area contributed by atoms with Crippen molar-refractivity contribution in [2.24, 2.45) is 0 Å². The molecule has 0 bridgehead atoms. The molecule has 1 unspecified atom stereocenters. The number of rotatable bonds is 4. The van der Waals surface area contributed by atoms with Crippen molar-refractivity contribution < 1.29 is 0 Å². The van der Waals surface area contributed by atoms with Gasteiger partial charge >= 0.3 is 0 Å². The molecule has 118 valence electrons. The summed E-state index contributed by atoms with van der Waals surface area (Å²) < 4.78 is 2.00. The van der Waals surface area contributed by atoms with Crippen molar-refractivity contribution in [1.82, 2.24) is 29.6 Å². The van der Waals surface area contributed by atoms with Gasteiger partial charge in [0.2, 0.25) is 0 Å². The molecular formula is C17H20N6. The molecule has 4 heterocycles. The number of aromatic nitrogens is 5. The summed E-state index contributed by atoms with van der Waals surface area (Å²) >= 11 is 0. The van der Waals surface area contributed by atoms with Crippen molar-refractivity contribution in [3.63, 3.8) is 0 Å². The average Bonchev–Trinajstić information content (AvgIpc) is 3.21. The molecule has 0 aliphatic carbocycles. The van der Waals surface area contributed by atoms with Gasteiger partial charge in [0.1, 0.15) is 0 Å². The Bertz CT molecular complexity index is 775. The molecule has 1 atom stereocenters. The molecule has 0 spiro atoms. The zero-order valence-corrected chi connectivity index (χ0v) is 13.2. The molecule has 0 amide bonds. The summed E-state index contributed by atoms with van der Waals surface area (Å²) in [5, 5.41) is 4.48. The van der Waals surface area contributed by atoms with Crippen LogP contribution in [0.1, 0.15) is 28.8 Å². The highest BCUT2D eigenvalue weighted by molar-refractivity contribution is 5.28. The Morgan fingerprint density at radius 2 is 2.17 bits per heavy atom. The van der Waals surface area contributed by atoms with Crippen LogP contribution in [0.25, 0.3) is 0 Å². The quantitative estimate of drug-likeness (QED) is 0.800. The van der Waals surface area contributed by atoms with Gasteiger partial charge in [-0.25, -0.2) is 4.98 Å².